The van der Waals surface area contributed by atoms with Crippen LogP contribution in [0.25, 0.3) is 0 Å². The molecule has 0 radical (unpaired) electrons. The minimum atomic E-state index is -3.95. The van der Waals surface area contributed by atoms with E-state index in [2.05, 4.69) is 15.6 Å². The van der Waals surface area contributed by atoms with Gasteiger partial charge in [0.25, 0.3) is 5.91 Å². The zero-order valence-electron chi connectivity index (χ0n) is 50.6. The summed E-state index contributed by atoms with van der Waals surface area (Å²) in [6.45, 7) is 5.85. The van der Waals surface area contributed by atoms with Gasteiger partial charge >= 0.3 is 41.8 Å². The van der Waals surface area contributed by atoms with Crippen LogP contribution in [0.3, 0.4) is 0 Å². The second-order valence-corrected chi connectivity index (χ2v) is 26.0. The summed E-state index contributed by atoms with van der Waals surface area (Å²) in [6.07, 6.45) is -18.7. The van der Waals surface area contributed by atoms with E-state index in [-0.39, 0.29) is 60.3 Å². The van der Waals surface area contributed by atoms with E-state index in [0.717, 1.165) is 26.1 Å². The zero-order chi connectivity index (χ0) is 66.5. The molecule has 30 heteroatoms. The molecule has 2 bridgehead atoms. The quantitative estimate of drug-likeness (QED) is 0.0139. The van der Waals surface area contributed by atoms with Crippen molar-refractivity contribution in [3.05, 3.63) is 136 Å². The average Bonchev–Trinajstić information content (AvgIpc) is 0.767. The average molecular weight is 1330 g/mol. The van der Waals surface area contributed by atoms with Crippen LogP contribution in [-0.4, -0.2) is 183 Å². The maximum atomic E-state index is 16.3. The number of ketones is 1. The van der Waals surface area contributed by atoms with Crippen molar-refractivity contribution in [3.63, 3.8) is 0 Å². The summed E-state index contributed by atoms with van der Waals surface area (Å²) in [5, 5.41) is 50.1. The van der Waals surface area contributed by atoms with Crippen LogP contribution in [0.5, 0.6) is 5.75 Å². The molecule has 3 unspecified atom stereocenters. The van der Waals surface area contributed by atoms with Gasteiger partial charge in [-0.1, -0.05) is 102 Å². The summed E-state index contributed by atoms with van der Waals surface area (Å²) in [6, 6.07) is 24.3. The molecule has 3 aromatic carbocycles. The monoisotopic (exact) mass is 1320 g/mol. The molecule has 2 amide bonds. The minimum Gasteiger partial charge on any atom is -0.468 e. The number of nitrogens with one attached hydrogen (secondary N) is 2. The smallest absolute Gasteiger partial charge is 0.468 e. The number of esters is 3. The van der Waals surface area contributed by atoms with Crippen LogP contribution in [-0.2, 0) is 61.8 Å². The third-order valence-corrected chi connectivity index (χ3v) is 19.7. The standard InChI is InChI=1S/C62H70F2N4O22S2/c1-33-39(87-53(76)46(72)45(36-16-10-7-11-17-36)67-52(75)37-18-12-8-13-19-37)29-61(80)51(85-32-84-38-20-14-9-15-21-38)48-59(6,50(74)47(86-34(2)70)44(33)58(61,4)5)41(28-42-60(48,31-83-42)90-35(3)71)89-57(79)82-25-27-92-91-26-24-81-56(78)66-43-22-23-68(55(77)65-43)54-62(63,64)49(73)40(30-69)88-54/h7-23,39-42,45-49,51,54,69,72-73,80H,24-32H2,1-6H3,(H,67,75)(H,65,66,77,78)/t39-,40?,41-,42+,45-,46+,47+,48-,49?,51-,54?,59+,60-,61+/m0/s1. The fraction of sp³-hybridized carbons (Fsp3) is 0.500. The van der Waals surface area contributed by atoms with Crippen molar-refractivity contribution in [2.24, 2.45) is 16.7 Å². The molecule has 4 fully saturated rings. The Balaban J connectivity index is 0.946. The second-order valence-electron chi connectivity index (χ2n) is 23.3. The highest BCUT2D eigenvalue weighted by Gasteiger charge is 2.79. The summed E-state index contributed by atoms with van der Waals surface area (Å²) in [5.41, 5.74) is -8.78. The van der Waals surface area contributed by atoms with Gasteiger partial charge in [0.15, 0.2) is 36.5 Å². The fourth-order valence-electron chi connectivity index (χ4n) is 12.9. The number of aliphatic hydroxyl groups excluding tert-OH is 3. The second kappa shape index (κ2) is 28.4. The number of carbonyl (C=O) groups excluding carboxylic acids is 7. The lowest BCUT2D eigenvalue weighted by molar-refractivity contribution is -0.353. The van der Waals surface area contributed by atoms with E-state index < -0.39 is 162 Å². The molecule has 26 nitrogen and oxygen atoms in total. The Bertz CT molecular complexity index is 3460. The number of nitrogens with zero attached hydrogens (tertiary/aromatic N) is 2. The first-order chi connectivity index (χ1) is 43.7. The van der Waals surface area contributed by atoms with E-state index in [0.29, 0.717) is 15.9 Å². The van der Waals surface area contributed by atoms with Crippen LogP contribution in [0.1, 0.15) is 82.6 Å². The van der Waals surface area contributed by atoms with Gasteiger partial charge in [-0.05, 0) is 60.9 Å². The molecule has 4 aromatic rings. The van der Waals surface area contributed by atoms with Crippen LogP contribution >= 0.6 is 21.6 Å². The van der Waals surface area contributed by atoms with Gasteiger partial charge in [0, 0.05) is 61.3 Å². The third-order valence-electron chi connectivity index (χ3n) is 17.4. The number of aromatic nitrogens is 2. The number of anilines is 1. The first kappa shape index (κ1) is 68.8. The number of ether oxygens (including phenoxy) is 10. The predicted molar refractivity (Wildman–Crippen MR) is 319 cm³/mol. The van der Waals surface area contributed by atoms with Gasteiger partial charge < -0.3 is 73.1 Å². The molecule has 1 aromatic heterocycles. The molecule has 5 aliphatic rings. The molecule has 14 atom stereocenters. The lowest BCUT2D eigenvalue weighted by Crippen LogP contribution is -2.82. The van der Waals surface area contributed by atoms with Gasteiger partial charge in [0.2, 0.25) is 6.23 Å². The highest BCUT2D eigenvalue weighted by Crippen LogP contribution is 2.65. The van der Waals surface area contributed by atoms with Crippen LogP contribution in [0, 0.1) is 16.7 Å². The van der Waals surface area contributed by atoms with Crippen molar-refractivity contribution in [2.75, 3.05) is 50.0 Å². The fourth-order valence-corrected chi connectivity index (χ4v) is 14.5. The molecular weight excluding hydrogens is 1250 g/mol. The maximum Gasteiger partial charge on any atom is 0.508 e. The van der Waals surface area contributed by atoms with Gasteiger partial charge in [0.05, 0.1) is 30.8 Å². The summed E-state index contributed by atoms with van der Waals surface area (Å²) < 4.78 is 88.9. The highest BCUT2D eigenvalue weighted by atomic mass is 33.1. The third kappa shape index (κ3) is 13.8. The summed E-state index contributed by atoms with van der Waals surface area (Å²) in [4.78, 5) is 114. The number of hydrogen-bond acceptors (Lipinski definition) is 25. The van der Waals surface area contributed by atoms with Crippen molar-refractivity contribution in [1.82, 2.24) is 14.9 Å². The predicted octanol–water partition coefficient (Wildman–Crippen LogP) is 5.17. The van der Waals surface area contributed by atoms with Crippen molar-refractivity contribution >= 4 is 69.3 Å². The van der Waals surface area contributed by atoms with Crippen LogP contribution in [0.2, 0.25) is 0 Å². The van der Waals surface area contributed by atoms with Gasteiger partial charge in [-0.15, -0.1) is 0 Å². The number of alkyl halides is 2. The Kier molecular flexibility index (Phi) is 21.2. The van der Waals surface area contributed by atoms with Crippen LogP contribution < -0.4 is 21.1 Å². The summed E-state index contributed by atoms with van der Waals surface area (Å²) in [5.74, 6) is -9.86. The number of fused-ring (bicyclic) bond motifs is 5. The zero-order valence-corrected chi connectivity index (χ0v) is 52.3. The lowest BCUT2D eigenvalue weighted by Gasteiger charge is -2.67. The van der Waals surface area contributed by atoms with Crippen molar-refractivity contribution in [1.29, 1.82) is 0 Å². The number of benzene rings is 3. The Hall–Kier alpha value is -7.55. The summed E-state index contributed by atoms with van der Waals surface area (Å²) >= 11 is 0. The van der Waals surface area contributed by atoms with Crippen LogP contribution in [0.4, 0.5) is 24.2 Å². The normalized spacial score (nSPS) is 29.0. The van der Waals surface area contributed by atoms with E-state index in [4.69, 9.17) is 47.4 Å². The molecule has 2 saturated heterocycles. The Morgan fingerprint density at radius 1 is 0.859 bits per heavy atom. The van der Waals surface area contributed by atoms with Gasteiger partial charge in [-0.2, -0.15) is 13.8 Å². The molecular formula is C62H70F2N4O22S2. The molecule has 9 rings (SSSR count). The highest BCUT2D eigenvalue weighted by molar-refractivity contribution is 8.76. The number of Topliss-reactive ketones (excluding diaryl/α,β-unsaturated/α-hetero) is 1. The summed E-state index contributed by atoms with van der Waals surface area (Å²) in [7, 11) is 2.40. The van der Waals surface area contributed by atoms with Crippen LogP contribution in [0.15, 0.2) is 119 Å². The molecule has 0 spiro atoms. The van der Waals surface area contributed by atoms with E-state index >= 15 is 4.79 Å². The molecule has 92 heavy (non-hydrogen) atoms. The first-order valence-electron chi connectivity index (χ1n) is 29.2. The van der Waals surface area contributed by atoms with Crippen molar-refractivity contribution in [3.8, 4) is 5.75 Å². The lowest BCUT2D eigenvalue weighted by atomic mass is 9.44. The molecule has 2 aliphatic heterocycles. The molecule has 3 aliphatic carbocycles. The van der Waals surface area contributed by atoms with Crippen molar-refractivity contribution in [2.45, 2.75) is 133 Å². The SMILES string of the molecule is CC(=O)O[C@H]1C(=O)[C@]2(C)[C@@H](OC(=O)OCCSSCCOC(=O)Nc3ccn(C4OC(CO)C(O)C4(F)F)c(=O)n3)C[C@H]3OC[C@@]3(OC(C)=O)[C@H]2[C@H](OCOc2ccccc2)[C@]2(O)C[C@H](OC(=O)[C@H](O)[C@@H](NC(=O)c3ccccc3)c3ccccc3)C(C)=C1C2(C)C. The van der Waals surface area contributed by atoms with Gasteiger partial charge in [-0.3, -0.25) is 29.1 Å². The number of halogens is 2. The Morgan fingerprint density at radius 3 is 2.10 bits per heavy atom. The number of aliphatic hydroxyl groups is 4. The molecule has 3 heterocycles. The van der Waals surface area contributed by atoms with Crippen molar-refractivity contribution < 1.29 is 110 Å². The molecule has 2 saturated carbocycles. The van der Waals surface area contributed by atoms with E-state index in [1.165, 1.54) is 35.4 Å². The number of hydrogen-bond donors (Lipinski definition) is 6. The Morgan fingerprint density at radius 2 is 1.50 bits per heavy atom. The number of amides is 2. The number of para-hydroxylation sites is 1. The number of rotatable bonds is 23. The topological polar surface area (TPSA) is 352 Å². The number of carbonyl (C=O) groups is 7. The maximum absolute atomic E-state index is 16.3. The minimum absolute atomic E-state index is 0.0457. The molecule has 496 valence electrons. The first-order valence-corrected chi connectivity index (χ1v) is 31.7. The van der Waals surface area contributed by atoms with E-state index in [1.54, 1.807) is 105 Å². The largest absolute Gasteiger partial charge is 0.508 e. The van der Waals surface area contributed by atoms with Gasteiger partial charge in [-0.25, -0.2) is 19.2 Å². The molecule has 6 N–H and O–H groups in total. The Labute approximate surface area is 533 Å². The van der Waals surface area contributed by atoms with E-state index in [1.807, 2.05) is 0 Å². The van der Waals surface area contributed by atoms with E-state index in [9.17, 15) is 62.8 Å². The van der Waals surface area contributed by atoms with Gasteiger partial charge in [0.1, 0.15) is 54.8 Å².